The minimum Gasteiger partial charge on any atom is -0.493 e. The molecule has 0 unspecified atom stereocenters. The number of nitro benzene ring substituents is 1. The van der Waals surface area contributed by atoms with E-state index >= 15 is 0 Å². The summed E-state index contributed by atoms with van der Waals surface area (Å²) in [5.74, 6) is 2.43. The van der Waals surface area contributed by atoms with Crippen molar-refractivity contribution in [2.24, 2.45) is 0 Å². The van der Waals surface area contributed by atoms with Crippen molar-refractivity contribution in [1.29, 1.82) is 0 Å². The van der Waals surface area contributed by atoms with Gasteiger partial charge in [-0.2, -0.15) is 8.42 Å². The second-order valence-corrected chi connectivity index (χ2v) is 14.1. The fraction of sp³-hybridized carbons (Fsp3) is 0.368. The summed E-state index contributed by atoms with van der Waals surface area (Å²) in [6.45, 7) is 3.36. The molecule has 15 heteroatoms. The minimum absolute atomic E-state index is 0.0109. The van der Waals surface area contributed by atoms with Crippen molar-refractivity contribution in [3.63, 3.8) is 0 Å². The lowest BCUT2D eigenvalue weighted by Gasteiger charge is -2.29. The highest BCUT2D eigenvalue weighted by atomic mass is 32.2. The van der Waals surface area contributed by atoms with Crippen molar-refractivity contribution >= 4 is 15.8 Å². The molecule has 0 amide bonds. The van der Waals surface area contributed by atoms with Crippen molar-refractivity contribution in [2.75, 3.05) is 55.6 Å². The highest BCUT2D eigenvalue weighted by molar-refractivity contribution is 7.85. The van der Waals surface area contributed by atoms with Crippen LogP contribution < -0.4 is 33.7 Å². The first-order chi connectivity index (χ1) is 25.3. The number of nitrogens with one attached hydrogen (secondary N) is 1. The van der Waals surface area contributed by atoms with Gasteiger partial charge in [0.25, 0.3) is 10.1 Å². The van der Waals surface area contributed by atoms with E-state index in [-0.39, 0.29) is 27.8 Å². The number of rotatable bonds is 16. The van der Waals surface area contributed by atoms with Gasteiger partial charge in [0.1, 0.15) is 10.6 Å². The Bertz CT molecular complexity index is 2090. The van der Waals surface area contributed by atoms with Crippen LogP contribution in [0.2, 0.25) is 0 Å². The SMILES string of the molecule is CNCCc1cc(OC)c(Oc2c3c(c([N+](=O)[O-])c(OC)c2OC)CCN(C)C3)cc1CCc1ccc(Oc2cc(C)c(S(=O)(=O)O)cc2OC)cc1. The summed E-state index contributed by atoms with van der Waals surface area (Å²) < 4.78 is 68.2. The first kappa shape index (κ1) is 39.1. The quantitative estimate of drug-likeness (QED) is 0.0744. The molecule has 0 saturated heterocycles. The van der Waals surface area contributed by atoms with Crippen LogP contribution in [0.4, 0.5) is 5.69 Å². The topological polar surface area (TPSA) is 168 Å². The van der Waals surface area contributed by atoms with Crippen molar-refractivity contribution < 1.29 is 46.3 Å². The molecule has 1 heterocycles. The molecule has 53 heavy (non-hydrogen) atoms. The molecule has 0 aromatic heterocycles. The highest BCUT2D eigenvalue weighted by Crippen LogP contribution is 2.53. The Balaban J connectivity index is 1.46. The molecule has 0 radical (unpaired) electrons. The molecule has 5 rings (SSSR count). The average Bonchev–Trinajstić information content (AvgIpc) is 3.13. The zero-order valence-electron chi connectivity index (χ0n) is 30.9. The molecule has 0 atom stereocenters. The van der Waals surface area contributed by atoms with E-state index in [1.807, 2.05) is 50.5 Å². The summed E-state index contributed by atoms with van der Waals surface area (Å²) in [4.78, 5) is 13.7. The largest absolute Gasteiger partial charge is 0.493 e. The number of nitrogens with zero attached hydrogens (tertiary/aromatic N) is 2. The summed E-state index contributed by atoms with van der Waals surface area (Å²) in [5.41, 5.74) is 4.57. The third kappa shape index (κ3) is 8.60. The van der Waals surface area contributed by atoms with Gasteiger partial charge >= 0.3 is 5.69 Å². The number of hydrogen-bond donors (Lipinski definition) is 2. The number of fused-ring (bicyclic) bond motifs is 1. The van der Waals surface area contributed by atoms with Crippen LogP contribution >= 0.6 is 0 Å². The smallest absolute Gasteiger partial charge is 0.318 e. The Morgan fingerprint density at radius 2 is 1.43 bits per heavy atom. The van der Waals surface area contributed by atoms with Crippen LogP contribution in [0.15, 0.2) is 53.4 Å². The molecular formula is C38H45N3O11S. The van der Waals surface area contributed by atoms with Crippen molar-refractivity contribution in [2.45, 2.75) is 44.0 Å². The van der Waals surface area contributed by atoms with Crippen LogP contribution in [0, 0.1) is 17.0 Å². The molecule has 0 saturated carbocycles. The molecule has 0 bridgehead atoms. The minimum atomic E-state index is -4.43. The second kappa shape index (κ2) is 16.7. The normalized spacial score (nSPS) is 12.9. The van der Waals surface area contributed by atoms with Gasteiger partial charge in [-0.05, 0) is 106 Å². The van der Waals surface area contributed by atoms with E-state index < -0.39 is 15.0 Å². The standard InChI is InChI=1S/C38H45N3O11S/c1-23-18-32(31(48-5)21-34(23)53(44,45)46)51-27-12-9-24(10-13-27)8-11-25-20-33(30(47-4)19-26(25)14-16-39-2)52-36-29-22-40(3)17-15-28(29)35(41(42)43)37(49-6)38(36)50-7/h9-10,12-13,18-21,39H,8,11,14-17,22H2,1-7H3,(H,44,45,46). The van der Waals surface area contributed by atoms with Gasteiger partial charge < -0.3 is 38.6 Å². The van der Waals surface area contributed by atoms with Gasteiger partial charge in [-0.3, -0.25) is 14.7 Å². The van der Waals surface area contributed by atoms with E-state index in [0.717, 1.165) is 29.7 Å². The lowest BCUT2D eigenvalue weighted by atomic mass is 9.95. The number of likely N-dealkylation sites (N-methyl/N-ethyl adjacent to an activating group) is 2. The summed E-state index contributed by atoms with van der Waals surface area (Å²) in [6, 6.07) is 14.2. The van der Waals surface area contributed by atoms with E-state index in [9.17, 15) is 23.1 Å². The molecule has 4 aromatic rings. The molecule has 14 nitrogen and oxygen atoms in total. The number of aryl methyl sites for hydroxylation is 3. The second-order valence-electron chi connectivity index (χ2n) is 12.7. The van der Waals surface area contributed by atoms with Gasteiger partial charge in [-0.25, -0.2) is 0 Å². The van der Waals surface area contributed by atoms with Crippen molar-refractivity contribution in [1.82, 2.24) is 10.2 Å². The van der Waals surface area contributed by atoms with Crippen LogP contribution in [-0.2, 0) is 42.3 Å². The van der Waals surface area contributed by atoms with Gasteiger partial charge in [0.2, 0.25) is 11.5 Å². The maximum Gasteiger partial charge on any atom is 0.318 e. The van der Waals surface area contributed by atoms with E-state index in [2.05, 4.69) is 10.2 Å². The summed E-state index contributed by atoms with van der Waals surface area (Å²) in [5, 5.41) is 15.5. The maximum atomic E-state index is 12.3. The molecule has 2 N–H and O–H groups in total. The van der Waals surface area contributed by atoms with Crippen LogP contribution in [0.1, 0.15) is 33.4 Å². The highest BCUT2D eigenvalue weighted by Gasteiger charge is 2.36. The molecule has 0 fully saturated rings. The van der Waals surface area contributed by atoms with Gasteiger partial charge in [0.05, 0.1) is 33.4 Å². The lowest BCUT2D eigenvalue weighted by molar-refractivity contribution is -0.386. The number of methoxy groups -OCH3 is 4. The Morgan fingerprint density at radius 1 is 0.811 bits per heavy atom. The number of benzene rings is 4. The average molecular weight is 752 g/mol. The number of ether oxygens (including phenoxy) is 6. The summed E-state index contributed by atoms with van der Waals surface area (Å²) >= 11 is 0. The predicted molar refractivity (Wildman–Crippen MR) is 198 cm³/mol. The predicted octanol–water partition coefficient (Wildman–Crippen LogP) is 6.30. The Hall–Kier alpha value is -5.09. The molecule has 0 aliphatic carbocycles. The fourth-order valence-electron chi connectivity index (χ4n) is 6.54. The zero-order valence-corrected chi connectivity index (χ0v) is 31.7. The monoisotopic (exact) mass is 751 g/mol. The Labute approximate surface area is 309 Å². The summed E-state index contributed by atoms with van der Waals surface area (Å²) in [6.07, 6.45) is 2.52. The van der Waals surface area contributed by atoms with Crippen LogP contribution in [-0.4, -0.2) is 78.4 Å². The Kier molecular flexibility index (Phi) is 12.3. The van der Waals surface area contributed by atoms with E-state index in [4.69, 9.17) is 28.4 Å². The van der Waals surface area contributed by atoms with Crippen LogP contribution in [0.5, 0.6) is 46.0 Å². The van der Waals surface area contributed by atoms with E-state index in [1.165, 1.54) is 33.5 Å². The molecular weight excluding hydrogens is 706 g/mol. The van der Waals surface area contributed by atoms with E-state index in [1.54, 1.807) is 14.0 Å². The van der Waals surface area contributed by atoms with Gasteiger partial charge in [0.15, 0.2) is 28.7 Å². The van der Waals surface area contributed by atoms with Crippen LogP contribution in [0.25, 0.3) is 0 Å². The number of hydrogen-bond acceptors (Lipinski definition) is 12. The number of nitro groups is 1. The maximum absolute atomic E-state index is 12.3. The van der Waals surface area contributed by atoms with E-state index in [0.29, 0.717) is 77.8 Å². The van der Waals surface area contributed by atoms with Crippen LogP contribution in [0.3, 0.4) is 0 Å². The molecule has 284 valence electrons. The van der Waals surface area contributed by atoms with Gasteiger partial charge in [-0.1, -0.05) is 12.1 Å². The first-order valence-electron chi connectivity index (χ1n) is 16.9. The zero-order chi connectivity index (χ0) is 38.4. The fourth-order valence-corrected chi connectivity index (χ4v) is 7.26. The summed E-state index contributed by atoms with van der Waals surface area (Å²) in [7, 11) is 5.20. The third-order valence-corrected chi connectivity index (χ3v) is 10.2. The lowest BCUT2D eigenvalue weighted by Crippen LogP contribution is -2.28. The molecule has 0 spiro atoms. The van der Waals surface area contributed by atoms with Gasteiger partial charge in [-0.15, -0.1) is 0 Å². The van der Waals surface area contributed by atoms with Crippen molar-refractivity contribution in [3.8, 4) is 46.0 Å². The third-order valence-electron chi connectivity index (χ3n) is 9.23. The molecule has 4 aromatic carbocycles. The molecule has 1 aliphatic rings. The van der Waals surface area contributed by atoms with Crippen molar-refractivity contribution in [3.05, 3.63) is 92.0 Å². The Morgan fingerprint density at radius 3 is 2.04 bits per heavy atom. The van der Waals surface area contributed by atoms with Gasteiger partial charge in [0, 0.05) is 30.3 Å². The molecule has 1 aliphatic heterocycles. The first-order valence-corrected chi connectivity index (χ1v) is 18.3.